The summed E-state index contributed by atoms with van der Waals surface area (Å²) in [5.74, 6) is -1.50. The molecule has 0 saturated heterocycles. The molecule has 2 amide bonds. The first-order valence-electron chi connectivity index (χ1n) is 13.8. The largest absolute Gasteiger partial charge is 0.481 e. The molecule has 0 radical (unpaired) electrons. The van der Waals surface area contributed by atoms with Crippen LogP contribution >= 0.6 is 15.9 Å². The second kappa shape index (κ2) is 13.5. The molecule has 0 spiro atoms. The van der Waals surface area contributed by atoms with E-state index in [-0.39, 0.29) is 44.4 Å². The maximum atomic E-state index is 13.9. The van der Waals surface area contributed by atoms with Gasteiger partial charge in [0.15, 0.2) is 0 Å². The van der Waals surface area contributed by atoms with Crippen LogP contribution in [0, 0.1) is 0 Å². The normalized spacial score (nSPS) is 12.6. The van der Waals surface area contributed by atoms with Crippen molar-refractivity contribution in [2.45, 2.75) is 31.3 Å². The zero-order chi connectivity index (χ0) is 29.5. The van der Waals surface area contributed by atoms with Crippen LogP contribution in [0.4, 0.5) is 4.79 Å². The number of carboxylic acids is 1. The molecule has 4 aromatic carbocycles. The lowest BCUT2D eigenvalue weighted by Crippen LogP contribution is -2.50. The summed E-state index contributed by atoms with van der Waals surface area (Å²) < 4.78 is 6.65. The van der Waals surface area contributed by atoms with Crippen molar-refractivity contribution >= 4 is 33.9 Å². The molecule has 214 valence electrons. The molecular formula is C34H31BrN2O5. The van der Waals surface area contributed by atoms with E-state index >= 15 is 0 Å². The standard InChI is InChI=1S/C34H31BrN2O5/c35-25-16-14-23(15-17-25)20-31(33(40)37(19-18-32(38)39)21-24-8-2-1-3-9-24)36-34(41)42-22-30-28-12-6-4-10-26(28)27-11-5-7-13-29(27)30/h1-17,30-31H,18-22H2,(H,36,41)(H,38,39)/t31-/m1/s1. The van der Waals surface area contributed by atoms with Crippen LogP contribution in [0.1, 0.15) is 34.6 Å². The Morgan fingerprint density at radius 2 is 1.40 bits per heavy atom. The Morgan fingerprint density at radius 3 is 2.02 bits per heavy atom. The Bertz CT molecular complexity index is 1510. The lowest BCUT2D eigenvalue weighted by molar-refractivity contribution is -0.139. The molecule has 0 saturated carbocycles. The molecule has 0 unspecified atom stereocenters. The van der Waals surface area contributed by atoms with Gasteiger partial charge in [-0.2, -0.15) is 0 Å². The van der Waals surface area contributed by atoms with Gasteiger partial charge in [0.1, 0.15) is 12.6 Å². The van der Waals surface area contributed by atoms with Gasteiger partial charge in [-0.15, -0.1) is 0 Å². The number of nitrogens with zero attached hydrogens (tertiary/aromatic N) is 1. The smallest absolute Gasteiger partial charge is 0.407 e. The number of aliphatic carboxylic acids is 1. The third kappa shape index (κ3) is 7.06. The van der Waals surface area contributed by atoms with Gasteiger partial charge >= 0.3 is 12.1 Å². The van der Waals surface area contributed by atoms with Crippen molar-refractivity contribution in [2.75, 3.05) is 13.2 Å². The summed E-state index contributed by atoms with van der Waals surface area (Å²) in [4.78, 5) is 40.0. The highest BCUT2D eigenvalue weighted by molar-refractivity contribution is 9.10. The summed E-state index contributed by atoms with van der Waals surface area (Å²) >= 11 is 3.43. The van der Waals surface area contributed by atoms with Crippen molar-refractivity contribution in [2.24, 2.45) is 0 Å². The van der Waals surface area contributed by atoms with Gasteiger partial charge in [0.25, 0.3) is 0 Å². The zero-order valence-corrected chi connectivity index (χ0v) is 24.5. The number of rotatable bonds is 11. The molecule has 42 heavy (non-hydrogen) atoms. The number of alkyl carbamates (subject to hydrolysis) is 1. The Hall–Kier alpha value is -4.43. The Morgan fingerprint density at radius 1 is 0.810 bits per heavy atom. The first-order chi connectivity index (χ1) is 20.4. The van der Waals surface area contributed by atoms with Crippen LogP contribution in [-0.2, 0) is 27.3 Å². The fraction of sp³-hybridized carbons (Fsp3) is 0.206. The molecule has 0 fully saturated rings. The molecule has 1 aliphatic carbocycles. The third-order valence-electron chi connectivity index (χ3n) is 7.41. The number of fused-ring (bicyclic) bond motifs is 3. The average molecular weight is 628 g/mol. The second-order valence-corrected chi connectivity index (χ2v) is 11.2. The topological polar surface area (TPSA) is 95.9 Å². The lowest BCUT2D eigenvalue weighted by atomic mass is 9.98. The number of hydrogen-bond donors (Lipinski definition) is 2. The highest BCUT2D eigenvalue weighted by Gasteiger charge is 2.31. The van der Waals surface area contributed by atoms with Crippen molar-refractivity contribution in [3.8, 4) is 11.1 Å². The summed E-state index contributed by atoms with van der Waals surface area (Å²) in [6.45, 7) is 0.341. The maximum Gasteiger partial charge on any atom is 0.407 e. The van der Waals surface area contributed by atoms with Crippen LogP contribution in [0.25, 0.3) is 11.1 Å². The van der Waals surface area contributed by atoms with Crippen LogP contribution in [-0.4, -0.2) is 47.2 Å². The van der Waals surface area contributed by atoms with Crippen LogP contribution in [0.5, 0.6) is 0 Å². The van der Waals surface area contributed by atoms with Crippen molar-refractivity contribution in [1.29, 1.82) is 0 Å². The molecule has 4 aromatic rings. The van der Waals surface area contributed by atoms with E-state index in [1.807, 2.05) is 91.0 Å². The molecule has 5 rings (SSSR count). The number of halogens is 1. The Labute approximate surface area is 253 Å². The molecule has 2 N–H and O–H groups in total. The number of amides is 2. The van der Waals surface area contributed by atoms with E-state index in [9.17, 15) is 19.5 Å². The number of carbonyl (C=O) groups excluding carboxylic acids is 2. The van der Waals surface area contributed by atoms with E-state index in [4.69, 9.17) is 4.74 Å². The fourth-order valence-corrected chi connectivity index (χ4v) is 5.62. The third-order valence-corrected chi connectivity index (χ3v) is 7.94. The minimum atomic E-state index is -1.00. The molecule has 1 atom stereocenters. The fourth-order valence-electron chi connectivity index (χ4n) is 5.36. The van der Waals surface area contributed by atoms with Crippen LogP contribution in [0.2, 0.25) is 0 Å². The van der Waals surface area contributed by atoms with Gasteiger partial charge in [0.2, 0.25) is 5.91 Å². The van der Waals surface area contributed by atoms with Gasteiger partial charge in [-0.05, 0) is 45.5 Å². The summed E-state index contributed by atoms with van der Waals surface area (Å²) in [6.07, 6.45) is -0.700. The van der Waals surface area contributed by atoms with Gasteiger partial charge in [0, 0.05) is 29.9 Å². The molecule has 1 aliphatic rings. The highest BCUT2D eigenvalue weighted by atomic mass is 79.9. The van der Waals surface area contributed by atoms with E-state index in [0.717, 1.165) is 37.9 Å². The highest BCUT2D eigenvalue weighted by Crippen LogP contribution is 2.44. The molecule has 0 aromatic heterocycles. The minimum absolute atomic E-state index is 0.00622. The zero-order valence-electron chi connectivity index (χ0n) is 22.9. The molecule has 0 heterocycles. The number of nitrogens with one attached hydrogen (secondary N) is 1. The number of hydrogen-bond acceptors (Lipinski definition) is 4. The average Bonchev–Trinajstić information content (AvgIpc) is 3.32. The summed E-state index contributed by atoms with van der Waals surface area (Å²) in [6, 6.07) is 32.1. The molecule has 8 heteroatoms. The number of carboxylic acid groups (broad SMARTS) is 1. The summed E-state index contributed by atoms with van der Waals surface area (Å²) in [7, 11) is 0. The van der Waals surface area contributed by atoms with Gasteiger partial charge in [-0.3, -0.25) is 9.59 Å². The van der Waals surface area contributed by atoms with Crippen molar-refractivity contribution in [3.05, 3.63) is 130 Å². The first kappa shape index (κ1) is 29.1. The summed E-state index contributed by atoms with van der Waals surface area (Å²) in [5, 5.41) is 12.1. The number of benzene rings is 4. The van der Waals surface area contributed by atoms with Crippen molar-refractivity contribution < 1.29 is 24.2 Å². The lowest BCUT2D eigenvalue weighted by Gasteiger charge is -2.28. The predicted octanol–water partition coefficient (Wildman–Crippen LogP) is 6.40. The monoisotopic (exact) mass is 626 g/mol. The Balaban J connectivity index is 1.34. The van der Waals surface area contributed by atoms with Gasteiger partial charge in [0.05, 0.1) is 6.42 Å². The molecule has 0 aliphatic heterocycles. The van der Waals surface area contributed by atoms with E-state index in [0.29, 0.717) is 0 Å². The first-order valence-corrected chi connectivity index (χ1v) is 14.6. The van der Waals surface area contributed by atoms with Crippen molar-refractivity contribution in [3.63, 3.8) is 0 Å². The summed E-state index contributed by atoms with van der Waals surface area (Å²) in [5.41, 5.74) is 6.14. The van der Waals surface area contributed by atoms with Crippen LogP contribution < -0.4 is 5.32 Å². The van der Waals surface area contributed by atoms with Gasteiger partial charge < -0.3 is 20.1 Å². The quantitative estimate of drug-likeness (QED) is 0.201. The molecule has 7 nitrogen and oxygen atoms in total. The van der Waals surface area contributed by atoms with E-state index in [1.54, 1.807) is 0 Å². The van der Waals surface area contributed by atoms with Gasteiger partial charge in [-0.25, -0.2) is 4.79 Å². The van der Waals surface area contributed by atoms with Crippen LogP contribution in [0.15, 0.2) is 108 Å². The molecule has 0 bridgehead atoms. The van der Waals surface area contributed by atoms with Crippen LogP contribution in [0.3, 0.4) is 0 Å². The number of carbonyl (C=O) groups is 3. The van der Waals surface area contributed by atoms with E-state index < -0.39 is 18.1 Å². The van der Waals surface area contributed by atoms with Gasteiger partial charge in [-0.1, -0.05) is 107 Å². The maximum absolute atomic E-state index is 13.9. The Kier molecular flexibility index (Phi) is 9.34. The predicted molar refractivity (Wildman–Crippen MR) is 164 cm³/mol. The SMILES string of the molecule is O=C(O)CCN(Cc1ccccc1)C(=O)[C@@H](Cc1ccc(Br)cc1)NC(=O)OCC1c2ccccc2-c2ccccc21. The number of ether oxygens (including phenoxy) is 1. The minimum Gasteiger partial charge on any atom is -0.481 e. The van der Waals surface area contributed by atoms with E-state index in [2.05, 4.69) is 33.4 Å². The van der Waals surface area contributed by atoms with Crippen molar-refractivity contribution in [1.82, 2.24) is 10.2 Å². The molecular weight excluding hydrogens is 596 g/mol. The second-order valence-electron chi connectivity index (χ2n) is 10.2. The van der Waals surface area contributed by atoms with E-state index in [1.165, 1.54) is 4.90 Å².